The van der Waals surface area contributed by atoms with Crippen LogP contribution in [0.3, 0.4) is 0 Å². The number of pyridine rings is 3. The molecule has 0 saturated carbocycles. The van der Waals surface area contributed by atoms with Crippen LogP contribution < -0.4 is 33.7 Å². The predicted molar refractivity (Wildman–Crippen MR) is 250 cm³/mol. The summed E-state index contributed by atoms with van der Waals surface area (Å²) in [6, 6.07) is 31.0. The van der Waals surface area contributed by atoms with Gasteiger partial charge in [-0.05, 0) is 99.0 Å². The molecule has 10 rings (SSSR count). The molecule has 12 heteroatoms. The number of hydrogen-bond acceptors (Lipinski definition) is 4. The number of aromatic amines is 1. The number of benzene rings is 1. The second kappa shape index (κ2) is 18.6. The van der Waals surface area contributed by atoms with E-state index in [2.05, 4.69) is 120 Å². The molecule has 8 aromatic rings. The van der Waals surface area contributed by atoms with E-state index in [9.17, 15) is 4.79 Å². The Labute approximate surface area is 387 Å². The van der Waals surface area contributed by atoms with Gasteiger partial charge >= 0.3 is 16.8 Å². The fraction of sp³-hybridized carbons (Fsp3) is 0.132. The number of carbonyl (C=O) groups excluding carboxylic acids is 1. The standard InChI is InChI=1S/C53H45N9O2.Co/c1-60-26-18-37(19-27-60)51-43-11-9-41(56-43)50(36-5-7-40(8-6-36)64-32-4-24-55-49(63)33-35-17-25-54-34-35)42-10-12-44(57-42)52(38-20-28-61(2)29-21-38)46-14-16-48(59-46)53(47-15-13-45(51)58-47)39-22-30-62(3)31-23-39;/h5-23,25-31,34,54H,4,24,32-33H2,1-3H3;/q;+2/p+1. The van der Waals surface area contributed by atoms with Gasteiger partial charge in [0.1, 0.15) is 26.9 Å². The van der Waals surface area contributed by atoms with Crippen molar-refractivity contribution in [2.75, 3.05) is 13.2 Å². The number of nitrogens with zero attached hydrogens (tertiary/aromatic N) is 7. The predicted octanol–water partition coefficient (Wildman–Crippen LogP) is 7.51. The number of aryl methyl sites for hydroxylation is 3. The van der Waals surface area contributed by atoms with Crippen LogP contribution in [-0.4, -0.2) is 34.0 Å². The van der Waals surface area contributed by atoms with Gasteiger partial charge in [0, 0.05) is 55.3 Å². The van der Waals surface area contributed by atoms with Gasteiger partial charge in [-0.15, -0.1) is 22.1 Å². The molecule has 1 amide bonds. The molecule has 0 saturated heterocycles. The molecule has 1 radical (unpaired) electrons. The van der Waals surface area contributed by atoms with Gasteiger partial charge in [0.15, 0.2) is 37.2 Å². The first-order chi connectivity index (χ1) is 31.3. The van der Waals surface area contributed by atoms with E-state index in [0.717, 1.165) is 101 Å². The number of hydrogen-bond donors (Lipinski definition) is 2. The molecule has 1 aromatic carbocycles. The van der Waals surface area contributed by atoms with Gasteiger partial charge in [0.2, 0.25) is 5.91 Å². The first kappa shape index (κ1) is 42.6. The number of amides is 1. The minimum absolute atomic E-state index is 0. The summed E-state index contributed by atoms with van der Waals surface area (Å²) in [5.74, 6) is 0.728. The van der Waals surface area contributed by atoms with E-state index in [1.807, 2.05) is 90.2 Å². The summed E-state index contributed by atoms with van der Waals surface area (Å²) in [5, 5.41) is 2.98. The van der Waals surface area contributed by atoms with Gasteiger partial charge in [-0.1, -0.05) is 36.4 Å². The Hall–Kier alpha value is -7.67. The van der Waals surface area contributed by atoms with E-state index in [1.165, 1.54) is 0 Å². The van der Waals surface area contributed by atoms with E-state index >= 15 is 0 Å². The van der Waals surface area contributed by atoms with E-state index in [1.54, 1.807) is 0 Å². The first-order valence-electron chi connectivity index (χ1n) is 21.4. The molecule has 7 aromatic heterocycles. The molecule has 8 bridgehead atoms. The van der Waals surface area contributed by atoms with Crippen LogP contribution in [0.5, 0.6) is 5.75 Å². The third-order valence-corrected chi connectivity index (χ3v) is 11.5. The number of ether oxygens (including phenoxy) is 1. The summed E-state index contributed by atoms with van der Waals surface area (Å²) in [7, 11) is 6.04. The number of nitrogens with one attached hydrogen (secondary N) is 2. The van der Waals surface area contributed by atoms with Gasteiger partial charge in [-0.2, -0.15) is 0 Å². The zero-order chi connectivity index (χ0) is 43.6. The minimum atomic E-state index is -0.00869. The number of rotatable bonds is 11. The largest absolute Gasteiger partial charge is 2.00 e. The Balaban J connectivity index is 0.00000533. The number of aromatic nitrogens is 8. The van der Waals surface area contributed by atoms with E-state index < -0.39 is 0 Å². The molecule has 2 N–H and O–H groups in total. The molecular formula is C53H46CoN9O2+3. The van der Waals surface area contributed by atoms with Gasteiger partial charge in [0.25, 0.3) is 0 Å². The zero-order valence-corrected chi connectivity index (χ0v) is 37.2. The van der Waals surface area contributed by atoms with Crippen molar-refractivity contribution in [1.29, 1.82) is 0 Å². The van der Waals surface area contributed by atoms with Crippen LogP contribution in [0, 0.1) is 0 Å². The third-order valence-electron chi connectivity index (χ3n) is 11.5. The Morgan fingerprint density at radius 3 is 1.35 bits per heavy atom. The first-order valence-corrected chi connectivity index (χ1v) is 21.4. The van der Waals surface area contributed by atoms with E-state index in [0.29, 0.717) is 26.0 Å². The van der Waals surface area contributed by atoms with E-state index in [4.69, 9.17) is 24.7 Å². The summed E-state index contributed by atoms with van der Waals surface area (Å²) in [5.41, 5.74) is 15.0. The van der Waals surface area contributed by atoms with Gasteiger partial charge in [-0.25, -0.2) is 23.7 Å². The average molecular weight is 900 g/mol. The second-order valence-corrected chi connectivity index (χ2v) is 16.1. The smallest absolute Gasteiger partial charge is 0.657 e. The molecule has 0 atom stereocenters. The number of fused-ring (bicyclic) bond motifs is 8. The molecule has 11 nitrogen and oxygen atoms in total. The van der Waals surface area contributed by atoms with Crippen LogP contribution in [-0.2, 0) is 49.1 Å². The van der Waals surface area contributed by atoms with Crippen molar-refractivity contribution in [3.8, 4) is 50.3 Å². The maximum Gasteiger partial charge on any atom is 2.00 e. The van der Waals surface area contributed by atoms with Crippen molar-refractivity contribution in [2.24, 2.45) is 21.1 Å². The van der Waals surface area contributed by atoms with Crippen LogP contribution in [0.2, 0.25) is 0 Å². The number of carbonyl (C=O) groups is 1. The third kappa shape index (κ3) is 9.08. The summed E-state index contributed by atoms with van der Waals surface area (Å²) in [4.78, 5) is 36.9. The van der Waals surface area contributed by atoms with Crippen LogP contribution in [0.15, 0.2) is 141 Å². The maximum atomic E-state index is 12.3. The van der Waals surface area contributed by atoms with Crippen molar-refractivity contribution in [1.82, 2.24) is 30.2 Å². The fourth-order valence-electron chi connectivity index (χ4n) is 8.20. The van der Waals surface area contributed by atoms with Gasteiger partial charge in [-0.3, -0.25) is 4.79 Å². The molecule has 0 aliphatic carbocycles. The van der Waals surface area contributed by atoms with Crippen LogP contribution in [0.25, 0.3) is 90.9 Å². The summed E-state index contributed by atoms with van der Waals surface area (Å²) in [6.07, 6.45) is 25.3. The SMILES string of the molecule is C[n+]1ccc(-c2c3nc(c(-c4cc[n+](C)cc4)c4ccc([n-]4)c(-c4cc[n+](C)cc4)c4nc(c(-c5ccc(OCCCNC(=O)Cc6cc[nH]c6)cc5)c5ccc2[n-]5)C=C4)C=C3)cc1.[Co+2]. The molecule has 0 spiro atoms. The van der Waals surface area contributed by atoms with Crippen molar-refractivity contribution in [3.63, 3.8) is 0 Å². The molecule has 2 aliphatic rings. The van der Waals surface area contributed by atoms with Crippen molar-refractivity contribution in [3.05, 3.63) is 169 Å². The Morgan fingerprint density at radius 1 is 0.569 bits per heavy atom. The zero-order valence-electron chi connectivity index (χ0n) is 36.2. The monoisotopic (exact) mass is 899 g/mol. The molecule has 0 unspecified atom stereocenters. The van der Waals surface area contributed by atoms with Gasteiger partial charge < -0.3 is 25.0 Å². The molecule has 2 aliphatic heterocycles. The Bertz CT molecular complexity index is 3200. The maximum absolute atomic E-state index is 12.3. The molecular weight excluding hydrogens is 854 g/mol. The van der Waals surface area contributed by atoms with Crippen LogP contribution in [0.1, 0.15) is 34.8 Å². The second-order valence-electron chi connectivity index (χ2n) is 16.1. The quantitative estimate of drug-likeness (QED) is 0.103. The summed E-state index contributed by atoms with van der Waals surface area (Å²) in [6.45, 7) is 0.997. The molecule has 321 valence electrons. The van der Waals surface area contributed by atoms with Gasteiger partial charge in [0.05, 0.1) is 35.8 Å². The van der Waals surface area contributed by atoms with Crippen molar-refractivity contribution in [2.45, 2.75) is 12.8 Å². The Morgan fingerprint density at radius 2 is 0.969 bits per heavy atom. The van der Waals surface area contributed by atoms with Crippen molar-refractivity contribution < 1.29 is 40.0 Å². The minimum Gasteiger partial charge on any atom is -0.657 e. The number of H-pyrrole nitrogens is 1. The average Bonchev–Trinajstić information content (AvgIpc) is 4.18. The molecule has 65 heavy (non-hydrogen) atoms. The normalized spacial score (nSPS) is 11.7. The molecule has 9 heterocycles. The topological polar surface area (TPSA) is 120 Å². The van der Waals surface area contributed by atoms with Crippen molar-refractivity contribution >= 4 is 52.3 Å². The molecule has 0 fully saturated rings. The summed E-state index contributed by atoms with van der Waals surface area (Å²) >= 11 is 0. The Kier molecular flexibility index (Phi) is 12.2. The summed E-state index contributed by atoms with van der Waals surface area (Å²) < 4.78 is 12.2. The van der Waals surface area contributed by atoms with E-state index in [-0.39, 0.29) is 22.7 Å². The fourth-order valence-corrected chi connectivity index (χ4v) is 8.20. The van der Waals surface area contributed by atoms with Crippen LogP contribution in [0.4, 0.5) is 0 Å². The van der Waals surface area contributed by atoms with Crippen LogP contribution >= 0.6 is 0 Å².